The zero-order valence-electron chi connectivity index (χ0n) is 8.34. The largest absolute Gasteiger partial charge is 0.300 e. The standard InChI is InChI=1S/C12H8BrN3/c13-10-3-6-16-11(7-10)8-15-12(16)9-1-4-14-5-2-9/h1-8H. The second-order valence-electron chi connectivity index (χ2n) is 3.46. The van der Waals surface area contributed by atoms with Crippen LogP contribution in [0.4, 0.5) is 0 Å². The maximum atomic E-state index is 4.42. The van der Waals surface area contributed by atoms with Gasteiger partial charge in [-0.3, -0.25) is 9.38 Å². The van der Waals surface area contributed by atoms with Gasteiger partial charge in [-0.15, -0.1) is 0 Å². The van der Waals surface area contributed by atoms with E-state index < -0.39 is 0 Å². The van der Waals surface area contributed by atoms with E-state index in [1.165, 1.54) is 0 Å². The molecule has 3 rings (SSSR count). The summed E-state index contributed by atoms with van der Waals surface area (Å²) in [6.07, 6.45) is 7.41. The number of rotatable bonds is 1. The molecule has 0 saturated heterocycles. The molecule has 0 saturated carbocycles. The number of fused-ring (bicyclic) bond motifs is 1. The van der Waals surface area contributed by atoms with Gasteiger partial charge in [0.15, 0.2) is 0 Å². The molecule has 3 heterocycles. The van der Waals surface area contributed by atoms with Crippen LogP contribution < -0.4 is 0 Å². The predicted molar refractivity (Wildman–Crippen MR) is 66.1 cm³/mol. The molecule has 0 aliphatic rings. The van der Waals surface area contributed by atoms with E-state index in [1.807, 2.05) is 36.7 Å². The smallest absolute Gasteiger partial charge is 0.144 e. The summed E-state index contributed by atoms with van der Waals surface area (Å²) in [6.45, 7) is 0. The topological polar surface area (TPSA) is 30.2 Å². The highest BCUT2D eigenvalue weighted by atomic mass is 79.9. The van der Waals surface area contributed by atoms with Crippen LogP contribution in [0.15, 0.2) is 53.5 Å². The molecule has 3 aromatic rings. The molecule has 0 spiro atoms. The van der Waals surface area contributed by atoms with Crippen LogP contribution in [0.3, 0.4) is 0 Å². The second-order valence-corrected chi connectivity index (χ2v) is 4.37. The third-order valence-electron chi connectivity index (χ3n) is 2.43. The van der Waals surface area contributed by atoms with Crippen molar-refractivity contribution >= 4 is 21.4 Å². The number of hydrogen-bond acceptors (Lipinski definition) is 2. The van der Waals surface area contributed by atoms with Gasteiger partial charge in [0.25, 0.3) is 0 Å². The van der Waals surface area contributed by atoms with Crippen LogP contribution in [0, 0.1) is 0 Å². The molecule has 0 N–H and O–H groups in total. The van der Waals surface area contributed by atoms with Crippen LogP contribution in [-0.4, -0.2) is 14.4 Å². The van der Waals surface area contributed by atoms with E-state index >= 15 is 0 Å². The summed E-state index contributed by atoms with van der Waals surface area (Å²) in [5, 5.41) is 0. The van der Waals surface area contributed by atoms with Gasteiger partial charge in [0, 0.05) is 28.6 Å². The van der Waals surface area contributed by atoms with Gasteiger partial charge in [0.2, 0.25) is 0 Å². The summed E-state index contributed by atoms with van der Waals surface area (Å²) in [6, 6.07) is 7.95. The molecule has 16 heavy (non-hydrogen) atoms. The zero-order chi connectivity index (χ0) is 11.0. The van der Waals surface area contributed by atoms with E-state index in [4.69, 9.17) is 0 Å². The fraction of sp³-hybridized carbons (Fsp3) is 0. The maximum absolute atomic E-state index is 4.42. The third-order valence-corrected chi connectivity index (χ3v) is 2.93. The highest BCUT2D eigenvalue weighted by molar-refractivity contribution is 9.10. The van der Waals surface area contributed by atoms with Crippen LogP contribution in [-0.2, 0) is 0 Å². The lowest BCUT2D eigenvalue weighted by Gasteiger charge is -2.00. The van der Waals surface area contributed by atoms with E-state index in [0.29, 0.717) is 0 Å². The Morgan fingerprint density at radius 2 is 1.94 bits per heavy atom. The molecule has 0 radical (unpaired) electrons. The molecular weight excluding hydrogens is 266 g/mol. The van der Waals surface area contributed by atoms with Crippen molar-refractivity contribution in [1.82, 2.24) is 14.4 Å². The summed E-state index contributed by atoms with van der Waals surface area (Å²) in [5.41, 5.74) is 2.14. The third kappa shape index (κ3) is 1.51. The van der Waals surface area contributed by atoms with Gasteiger partial charge < -0.3 is 0 Å². The molecule has 0 aliphatic heterocycles. The SMILES string of the molecule is Brc1ccn2c(-c3ccncc3)ncc2c1. The molecule has 3 nitrogen and oxygen atoms in total. The Hall–Kier alpha value is -1.68. The van der Waals surface area contributed by atoms with Gasteiger partial charge in [-0.25, -0.2) is 4.98 Å². The molecule has 0 amide bonds. The van der Waals surface area contributed by atoms with E-state index in [9.17, 15) is 0 Å². The fourth-order valence-corrected chi connectivity index (χ4v) is 2.04. The average Bonchev–Trinajstić information content (AvgIpc) is 2.73. The number of halogens is 1. The zero-order valence-corrected chi connectivity index (χ0v) is 9.92. The lowest BCUT2D eigenvalue weighted by Crippen LogP contribution is -1.88. The van der Waals surface area contributed by atoms with Crippen molar-refractivity contribution in [2.75, 3.05) is 0 Å². The minimum Gasteiger partial charge on any atom is -0.300 e. The first-order valence-electron chi connectivity index (χ1n) is 4.87. The Bertz CT molecular complexity index is 631. The van der Waals surface area contributed by atoms with Gasteiger partial charge in [-0.1, -0.05) is 15.9 Å². The highest BCUT2D eigenvalue weighted by Crippen LogP contribution is 2.21. The van der Waals surface area contributed by atoms with E-state index in [-0.39, 0.29) is 0 Å². The summed E-state index contributed by atoms with van der Waals surface area (Å²) in [5.74, 6) is 0.935. The van der Waals surface area contributed by atoms with Crippen LogP contribution in [0.2, 0.25) is 0 Å². The minimum atomic E-state index is 0.935. The molecule has 0 aliphatic carbocycles. The molecule has 0 fully saturated rings. The molecule has 3 aromatic heterocycles. The minimum absolute atomic E-state index is 0.935. The Morgan fingerprint density at radius 3 is 2.75 bits per heavy atom. The molecule has 4 heteroatoms. The van der Waals surface area contributed by atoms with Crippen LogP contribution in [0.1, 0.15) is 0 Å². The summed E-state index contributed by atoms with van der Waals surface area (Å²) >= 11 is 3.45. The number of aromatic nitrogens is 3. The summed E-state index contributed by atoms with van der Waals surface area (Å²) < 4.78 is 3.11. The first kappa shape index (κ1) is 9.54. The molecule has 78 valence electrons. The monoisotopic (exact) mass is 273 g/mol. The van der Waals surface area contributed by atoms with Crippen LogP contribution in [0.25, 0.3) is 16.9 Å². The quantitative estimate of drug-likeness (QED) is 0.682. The number of imidazole rings is 1. The van der Waals surface area contributed by atoms with Crippen molar-refractivity contribution in [3.05, 3.63) is 53.5 Å². The van der Waals surface area contributed by atoms with E-state index in [1.54, 1.807) is 12.4 Å². The Morgan fingerprint density at radius 1 is 1.12 bits per heavy atom. The van der Waals surface area contributed by atoms with Crippen molar-refractivity contribution < 1.29 is 0 Å². The van der Waals surface area contributed by atoms with Crippen LogP contribution in [0.5, 0.6) is 0 Å². The molecular formula is C12H8BrN3. The Labute approximate surface area is 101 Å². The van der Waals surface area contributed by atoms with Crippen LogP contribution >= 0.6 is 15.9 Å². The van der Waals surface area contributed by atoms with Gasteiger partial charge in [-0.2, -0.15) is 0 Å². The average molecular weight is 274 g/mol. The highest BCUT2D eigenvalue weighted by Gasteiger charge is 2.05. The molecule has 0 aromatic carbocycles. The maximum Gasteiger partial charge on any atom is 0.144 e. The molecule has 0 bridgehead atoms. The summed E-state index contributed by atoms with van der Waals surface area (Å²) in [7, 11) is 0. The van der Waals surface area contributed by atoms with Crippen molar-refractivity contribution in [1.29, 1.82) is 0 Å². The second kappa shape index (κ2) is 3.72. The van der Waals surface area contributed by atoms with Crippen molar-refractivity contribution in [2.24, 2.45) is 0 Å². The number of hydrogen-bond donors (Lipinski definition) is 0. The first-order chi connectivity index (χ1) is 7.84. The molecule has 0 unspecified atom stereocenters. The number of nitrogens with zero attached hydrogens (tertiary/aromatic N) is 3. The predicted octanol–water partition coefficient (Wildman–Crippen LogP) is 3.16. The van der Waals surface area contributed by atoms with Gasteiger partial charge in [0.05, 0.1) is 11.7 Å². The Kier molecular flexibility index (Phi) is 2.22. The van der Waals surface area contributed by atoms with Crippen molar-refractivity contribution in [3.8, 4) is 11.4 Å². The van der Waals surface area contributed by atoms with Gasteiger partial charge in [-0.05, 0) is 24.3 Å². The first-order valence-corrected chi connectivity index (χ1v) is 5.67. The lowest BCUT2D eigenvalue weighted by atomic mass is 10.2. The Balaban J connectivity index is 2.26. The lowest BCUT2D eigenvalue weighted by molar-refractivity contribution is 1.15. The fourth-order valence-electron chi connectivity index (χ4n) is 1.69. The van der Waals surface area contributed by atoms with Gasteiger partial charge >= 0.3 is 0 Å². The van der Waals surface area contributed by atoms with Crippen molar-refractivity contribution in [3.63, 3.8) is 0 Å². The van der Waals surface area contributed by atoms with Crippen molar-refractivity contribution in [2.45, 2.75) is 0 Å². The summed E-state index contributed by atoms with van der Waals surface area (Å²) in [4.78, 5) is 8.43. The van der Waals surface area contributed by atoms with E-state index in [2.05, 4.69) is 30.3 Å². The van der Waals surface area contributed by atoms with Gasteiger partial charge in [0.1, 0.15) is 5.82 Å². The normalized spacial score (nSPS) is 10.8. The number of pyridine rings is 2. The molecule has 0 atom stereocenters. The van der Waals surface area contributed by atoms with E-state index in [0.717, 1.165) is 21.4 Å².